The summed E-state index contributed by atoms with van der Waals surface area (Å²) in [6, 6.07) is 18.4. The van der Waals surface area contributed by atoms with Crippen molar-refractivity contribution >= 4 is 11.8 Å². The molecule has 1 atom stereocenters. The quantitative estimate of drug-likeness (QED) is 0.758. The number of benzene rings is 2. The number of morpholine rings is 1. The van der Waals surface area contributed by atoms with E-state index in [2.05, 4.69) is 29.6 Å². The first-order valence-electron chi connectivity index (χ1n) is 10.8. The molecule has 2 amide bonds. The number of rotatable bonds is 7. The predicted molar refractivity (Wildman–Crippen MR) is 119 cm³/mol. The summed E-state index contributed by atoms with van der Waals surface area (Å²) < 4.78 is 6.13. The minimum absolute atomic E-state index is 0.00431. The first-order valence-corrected chi connectivity index (χ1v) is 10.8. The molecule has 0 aromatic heterocycles. The molecular formula is C25H32N2O3. The number of carbonyl (C=O) groups excluding carboxylic acids is 2. The number of nitrogens with one attached hydrogen (secondary N) is 1. The molecule has 5 heteroatoms. The van der Waals surface area contributed by atoms with E-state index in [-0.39, 0.29) is 24.4 Å². The van der Waals surface area contributed by atoms with Crippen LogP contribution < -0.4 is 5.32 Å². The van der Waals surface area contributed by atoms with Gasteiger partial charge >= 0.3 is 0 Å². The topological polar surface area (TPSA) is 58.6 Å². The van der Waals surface area contributed by atoms with Gasteiger partial charge in [-0.05, 0) is 37.0 Å². The summed E-state index contributed by atoms with van der Waals surface area (Å²) in [5, 5.41) is 3.01. The summed E-state index contributed by atoms with van der Waals surface area (Å²) >= 11 is 0. The number of ether oxygens (including phenoxy) is 1. The van der Waals surface area contributed by atoms with E-state index in [1.807, 2.05) is 51.1 Å². The van der Waals surface area contributed by atoms with Gasteiger partial charge in [0.1, 0.15) is 0 Å². The van der Waals surface area contributed by atoms with Crippen molar-refractivity contribution in [1.82, 2.24) is 10.2 Å². The van der Waals surface area contributed by atoms with Gasteiger partial charge < -0.3 is 15.0 Å². The predicted octanol–water partition coefficient (Wildman–Crippen LogP) is 3.82. The number of amides is 2. The van der Waals surface area contributed by atoms with Crippen molar-refractivity contribution in [2.24, 2.45) is 0 Å². The molecule has 1 unspecified atom stereocenters. The Labute approximate surface area is 179 Å². The van der Waals surface area contributed by atoms with Crippen molar-refractivity contribution in [3.8, 4) is 11.1 Å². The van der Waals surface area contributed by atoms with Gasteiger partial charge in [0.05, 0.1) is 13.2 Å². The Morgan fingerprint density at radius 1 is 1.10 bits per heavy atom. The molecular weight excluding hydrogens is 376 g/mol. The van der Waals surface area contributed by atoms with Crippen LogP contribution in [0.5, 0.6) is 0 Å². The van der Waals surface area contributed by atoms with E-state index < -0.39 is 5.60 Å². The van der Waals surface area contributed by atoms with Gasteiger partial charge in [-0.2, -0.15) is 0 Å². The Kier molecular flexibility index (Phi) is 7.27. The molecule has 0 bridgehead atoms. The van der Waals surface area contributed by atoms with E-state index in [0.717, 1.165) is 23.1 Å². The summed E-state index contributed by atoms with van der Waals surface area (Å²) in [6.45, 7) is 7.03. The molecule has 2 aromatic carbocycles. The second-order valence-electron chi connectivity index (χ2n) is 8.28. The van der Waals surface area contributed by atoms with Gasteiger partial charge in [0.25, 0.3) is 5.91 Å². The molecule has 1 N–H and O–H groups in total. The third kappa shape index (κ3) is 5.28. The van der Waals surface area contributed by atoms with Gasteiger partial charge in [-0.1, -0.05) is 61.5 Å². The van der Waals surface area contributed by atoms with Crippen molar-refractivity contribution in [3.05, 3.63) is 60.2 Å². The zero-order valence-corrected chi connectivity index (χ0v) is 18.2. The van der Waals surface area contributed by atoms with E-state index in [1.54, 1.807) is 4.90 Å². The Bertz CT molecular complexity index is 866. The Hall–Kier alpha value is -2.66. The van der Waals surface area contributed by atoms with Gasteiger partial charge in [0.2, 0.25) is 5.91 Å². The molecule has 1 aliphatic heterocycles. The summed E-state index contributed by atoms with van der Waals surface area (Å²) in [5.41, 5.74) is 2.16. The van der Waals surface area contributed by atoms with E-state index >= 15 is 0 Å². The van der Waals surface area contributed by atoms with Gasteiger partial charge in [-0.25, -0.2) is 0 Å². The highest BCUT2D eigenvalue weighted by atomic mass is 16.5. The second-order valence-corrected chi connectivity index (χ2v) is 8.28. The van der Waals surface area contributed by atoms with Crippen molar-refractivity contribution < 1.29 is 14.3 Å². The van der Waals surface area contributed by atoms with Crippen LogP contribution in [0.2, 0.25) is 0 Å². The smallest absolute Gasteiger partial charge is 0.254 e. The lowest BCUT2D eigenvalue weighted by Crippen LogP contribution is -2.62. The third-order valence-electron chi connectivity index (χ3n) is 5.36. The lowest BCUT2D eigenvalue weighted by Gasteiger charge is -2.42. The number of hydrogen-bond acceptors (Lipinski definition) is 3. The fourth-order valence-electron chi connectivity index (χ4n) is 3.91. The van der Waals surface area contributed by atoms with Crippen molar-refractivity contribution in [1.29, 1.82) is 0 Å². The number of hydrogen-bond donors (Lipinski definition) is 1. The molecule has 1 aliphatic rings. The molecule has 0 spiro atoms. The highest BCUT2D eigenvalue weighted by Crippen LogP contribution is 2.27. The lowest BCUT2D eigenvalue weighted by atomic mass is 9.89. The normalized spacial score (nSPS) is 19.0. The highest BCUT2D eigenvalue weighted by Gasteiger charge is 2.45. The minimum atomic E-state index is -1.08. The van der Waals surface area contributed by atoms with E-state index in [9.17, 15) is 9.59 Å². The maximum absolute atomic E-state index is 13.2. The molecule has 3 rings (SSSR count). The molecule has 5 nitrogen and oxygen atoms in total. The zero-order valence-electron chi connectivity index (χ0n) is 18.2. The van der Waals surface area contributed by atoms with Crippen LogP contribution in [-0.2, 0) is 20.7 Å². The minimum Gasteiger partial charge on any atom is -0.361 e. The van der Waals surface area contributed by atoms with Crippen LogP contribution in [0.15, 0.2) is 54.6 Å². The van der Waals surface area contributed by atoms with Crippen LogP contribution in [0.4, 0.5) is 0 Å². The van der Waals surface area contributed by atoms with Crippen LogP contribution in [0.3, 0.4) is 0 Å². The van der Waals surface area contributed by atoms with Crippen LogP contribution >= 0.6 is 0 Å². The van der Waals surface area contributed by atoms with Gasteiger partial charge in [-0.3, -0.25) is 9.59 Å². The second kappa shape index (κ2) is 9.90. The molecule has 1 fully saturated rings. The molecule has 30 heavy (non-hydrogen) atoms. The van der Waals surface area contributed by atoms with Crippen molar-refractivity contribution in [2.45, 2.75) is 51.7 Å². The fraction of sp³-hybridized carbons (Fsp3) is 0.440. The molecule has 1 heterocycles. The van der Waals surface area contributed by atoms with Gasteiger partial charge in [0, 0.05) is 25.4 Å². The van der Waals surface area contributed by atoms with Gasteiger partial charge in [-0.15, -0.1) is 0 Å². The molecule has 0 aliphatic carbocycles. The standard InChI is InChI=1S/C25H32N2O3/c1-4-9-23(28)27-14-15-30-25(18-27,24(29)26-19(2)3)17-20-10-8-13-22(16-20)21-11-6-5-7-12-21/h5-8,10-13,16,19H,4,9,14-15,17-18H2,1-3H3,(H,26,29). The lowest BCUT2D eigenvalue weighted by molar-refractivity contribution is -0.166. The molecule has 1 saturated heterocycles. The molecule has 0 saturated carbocycles. The summed E-state index contributed by atoms with van der Waals surface area (Å²) in [7, 11) is 0. The molecule has 2 aromatic rings. The zero-order chi connectivity index (χ0) is 21.6. The monoisotopic (exact) mass is 408 g/mol. The SMILES string of the molecule is CCCC(=O)N1CCOC(Cc2cccc(-c3ccccc3)c2)(C(=O)NC(C)C)C1. The Morgan fingerprint density at radius 2 is 1.83 bits per heavy atom. The van der Waals surface area contributed by atoms with Gasteiger partial charge in [0.15, 0.2) is 5.60 Å². The molecule has 160 valence electrons. The van der Waals surface area contributed by atoms with Crippen molar-refractivity contribution in [2.75, 3.05) is 19.7 Å². The average molecular weight is 409 g/mol. The average Bonchev–Trinajstić information content (AvgIpc) is 2.74. The summed E-state index contributed by atoms with van der Waals surface area (Å²) in [6.07, 6.45) is 1.70. The highest BCUT2D eigenvalue weighted by molar-refractivity contribution is 5.87. The third-order valence-corrected chi connectivity index (χ3v) is 5.36. The van der Waals surface area contributed by atoms with Crippen LogP contribution in [0.1, 0.15) is 39.2 Å². The first kappa shape index (κ1) is 22.0. The van der Waals surface area contributed by atoms with Crippen LogP contribution in [0, 0.1) is 0 Å². The summed E-state index contributed by atoms with van der Waals surface area (Å²) in [5.74, 6) is -0.0721. The van der Waals surface area contributed by atoms with Crippen LogP contribution in [-0.4, -0.2) is 48.1 Å². The largest absolute Gasteiger partial charge is 0.361 e. The van der Waals surface area contributed by atoms with Crippen LogP contribution in [0.25, 0.3) is 11.1 Å². The van der Waals surface area contributed by atoms with E-state index in [0.29, 0.717) is 26.0 Å². The molecule has 0 radical (unpaired) electrons. The Balaban J connectivity index is 1.90. The number of nitrogens with zero attached hydrogens (tertiary/aromatic N) is 1. The van der Waals surface area contributed by atoms with E-state index in [1.165, 1.54) is 0 Å². The Morgan fingerprint density at radius 3 is 2.53 bits per heavy atom. The van der Waals surface area contributed by atoms with Crippen molar-refractivity contribution in [3.63, 3.8) is 0 Å². The van der Waals surface area contributed by atoms with E-state index in [4.69, 9.17) is 4.74 Å². The maximum atomic E-state index is 13.2. The number of carbonyl (C=O) groups is 2. The maximum Gasteiger partial charge on any atom is 0.254 e. The first-order chi connectivity index (χ1) is 14.4. The summed E-state index contributed by atoms with van der Waals surface area (Å²) in [4.78, 5) is 27.6. The fourth-order valence-corrected chi connectivity index (χ4v) is 3.91.